The second kappa shape index (κ2) is 4.72. The Morgan fingerprint density at radius 3 is 3.06 bits per heavy atom. The maximum atomic E-state index is 4.51. The first-order chi connectivity index (χ1) is 8.84. The van der Waals surface area contributed by atoms with Crippen LogP contribution in [0.15, 0.2) is 18.6 Å². The lowest BCUT2D eigenvalue weighted by molar-refractivity contribution is 0.450. The summed E-state index contributed by atoms with van der Waals surface area (Å²) in [5.74, 6) is 1.69. The lowest BCUT2D eigenvalue weighted by atomic mass is 10.0. The monoisotopic (exact) mass is 244 g/mol. The molecule has 3 rings (SSSR count). The third kappa shape index (κ3) is 2.05. The van der Waals surface area contributed by atoms with E-state index in [2.05, 4.69) is 30.0 Å². The zero-order valence-electron chi connectivity index (χ0n) is 10.4. The van der Waals surface area contributed by atoms with Crippen molar-refractivity contribution >= 4 is 5.95 Å². The summed E-state index contributed by atoms with van der Waals surface area (Å²) in [6.07, 6.45) is 6.80. The van der Waals surface area contributed by atoms with Crippen molar-refractivity contribution in [1.82, 2.24) is 25.1 Å². The molecule has 0 bridgehead atoms. The highest BCUT2D eigenvalue weighted by Gasteiger charge is 2.27. The normalized spacial score (nSPS) is 20.1. The predicted molar refractivity (Wildman–Crippen MR) is 67.1 cm³/mol. The number of hydrogen-bond acceptors (Lipinski definition) is 5. The van der Waals surface area contributed by atoms with Gasteiger partial charge in [-0.15, -0.1) is 0 Å². The molecule has 0 spiro atoms. The zero-order valence-corrected chi connectivity index (χ0v) is 10.4. The average Bonchev–Trinajstić information content (AvgIpc) is 2.92. The van der Waals surface area contributed by atoms with Crippen LogP contribution < -0.4 is 4.90 Å². The van der Waals surface area contributed by atoms with Crippen molar-refractivity contribution < 1.29 is 0 Å². The van der Waals surface area contributed by atoms with Gasteiger partial charge < -0.3 is 4.90 Å². The molecule has 0 aromatic carbocycles. The Bertz CT molecular complexity index is 509. The lowest BCUT2D eigenvalue weighted by Crippen LogP contribution is -2.35. The molecule has 18 heavy (non-hydrogen) atoms. The van der Waals surface area contributed by atoms with Crippen LogP contribution in [0.2, 0.25) is 0 Å². The van der Waals surface area contributed by atoms with Gasteiger partial charge in [-0.05, 0) is 32.3 Å². The van der Waals surface area contributed by atoms with Crippen LogP contribution in [0.5, 0.6) is 0 Å². The first kappa shape index (κ1) is 11.1. The number of nitrogens with one attached hydrogen (secondary N) is 1. The Morgan fingerprint density at radius 2 is 2.28 bits per heavy atom. The Kier molecular flexibility index (Phi) is 2.92. The number of hydrogen-bond donors (Lipinski definition) is 1. The SMILES string of the molecule is Cc1ccnc(N2CCCC[C@@H]2c2ncn[nH]2)n1. The van der Waals surface area contributed by atoms with Crippen molar-refractivity contribution in [3.05, 3.63) is 30.1 Å². The quantitative estimate of drug-likeness (QED) is 0.869. The van der Waals surface area contributed by atoms with Gasteiger partial charge in [0.25, 0.3) is 0 Å². The third-order valence-electron chi connectivity index (χ3n) is 3.29. The third-order valence-corrected chi connectivity index (χ3v) is 3.29. The van der Waals surface area contributed by atoms with Crippen LogP contribution >= 0.6 is 0 Å². The summed E-state index contributed by atoms with van der Waals surface area (Å²) in [5, 5.41) is 6.90. The van der Waals surface area contributed by atoms with E-state index in [-0.39, 0.29) is 6.04 Å². The molecule has 1 aliphatic rings. The maximum absolute atomic E-state index is 4.51. The molecule has 6 heteroatoms. The van der Waals surface area contributed by atoms with Gasteiger partial charge in [0.2, 0.25) is 5.95 Å². The molecule has 2 aromatic heterocycles. The number of anilines is 1. The van der Waals surface area contributed by atoms with Crippen molar-refractivity contribution in [1.29, 1.82) is 0 Å². The molecule has 3 heterocycles. The number of rotatable bonds is 2. The lowest BCUT2D eigenvalue weighted by Gasteiger charge is -2.34. The minimum Gasteiger partial charge on any atom is -0.331 e. The summed E-state index contributed by atoms with van der Waals surface area (Å²) in [6, 6.07) is 2.12. The van der Waals surface area contributed by atoms with E-state index in [0.717, 1.165) is 30.4 Å². The van der Waals surface area contributed by atoms with Gasteiger partial charge in [-0.25, -0.2) is 15.0 Å². The maximum Gasteiger partial charge on any atom is 0.226 e. The molecule has 94 valence electrons. The molecule has 0 aliphatic carbocycles. The van der Waals surface area contributed by atoms with Crippen LogP contribution in [0, 0.1) is 6.92 Å². The van der Waals surface area contributed by atoms with Crippen LogP contribution in [0.25, 0.3) is 0 Å². The van der Waals surface area contributed by atoms with Gasteiger partial charge in [0.1, 0.15) is 12.2 Å². The van der Waals surface area contributed by atoms with E-state index in [1.54, 1.807) is 6.33 Å². The van der Waals surface area contributed by atoms with Gasteiger partial charge in [0.15, 0.2) is 0 Å². The van der Waals surface area contributed by atoms with E-state index in [0.29, 0.717) is 0 Å². The molecule has 0 unspecified atom stereocenters. The van der Waals surface area contributed by atoms with Gasteiger partial charge in [0.05, 0.1) is 6.04 Å². The van der Waals surface area contributed by atoms with E-state index in [1.165, 1.54) is 12.8 Å². The summed E-state index contributed by atoms with van der Waals surface area (Å²) >= 11 is 0. The second-order valence-electron chi connectivity index (χ2n) is 4.57. The largest absolute Gasteiger partial charge is 0.331 e. The number of piperidine rings is 1. The van der Waals surface area contributed by atoms with Crippen molar-refractivity contribution in [2.45, 2.75) is 32.2 Å². The first-order valence-electron chi connectivity index (χ1n) is 6.26. The Balaban J connectivity index is 1.93. The molecule has 0 saturated carbocycles. The Labute approximate surface area is 105 Å². The Hall–Kier alpha value is -1.98. The first-order valence-corrected chi connectivity index (χ1v) is 6.26. The highest BCUT2D eigenvalue weighted by atomic mass is 15.3. The average molecular weight is 244 g/mol. The van der Waals surface area contributed by atoms with Gasteiger partial charge in [0, 0.05) is 18.4 Å². The van der Waals surface area contributed by atoms with Crippen LogP contribution in [-0.4, -0.2) is 31.7 Å². The summed E-state index contributed by atoms with van der Waals surface area (Å²) < 4.78 is 0. The van der Waals surface area contributed by atoms with Crippen molar-refractivity contribution in [2.24, 2.45) is 0 Å². The smallest absolute Gasteiger partial charge is 0.226 e. The molecule has 1 aliphatic heterocycles. The van der Waals surface area contributed by atoms with Gasteiger partial charge >= 0.3 is 0 Å². The van der Waals surface area contributed by atoms with Crippen molar-refractivity contribution in [3.8, 4) is 0 Å². The minimum absolute atomic E-state index is 0.211. The van der Waals surface area contributed by atoms with Crippen molar-refractivity contribution in [2.75, 3.05) is 11.4 Å². The minimum atomic E-state index is 0.211. The molecule has 0 radical (unpaired) electrons. The van der Waals surface area contributed by atoms with E-state index in [4.69, 9.17) is 0 Å². The molecule has 1 saturated heterocycles. The van der Waals surface area contributed by atoms with Crippen LogP contribution in [-0.2, 0) is 0 Å². The fourth-order valence-corrected chi connectivity index (χ4v) is 2.40. The molecule has 1 atom stereocenters. The number of H-pyrrole nitrogens is 1. The van der Waals surface area contributed by atoms with Gasteiger partial charge in [-0.1, -0.05) is 0 Å². The summed E-state index contributed by atoms with van der Waals surface area (Å²) in [5.41, 5.74) is 0.988. The molecule has 6 nitrogen and oxygen atoms in total. The molecule has 1 N–H and O–H groups in total. The fourth-order valence-electron chi connectivity index (χ4n) is 2.40. The molecular weight excluding hydrogens is 228 g/mol. The summed E-state index contributed by atoms with van der Waals surface area (Å²) in [6.45, 7) is 2.95. The fraction of sp³-hybridized carbons (Fsp3) is 0.500. The van der Waals surface area contributed by atoms with E-state index in [9.17, 15) is 0 Å². The standard InChI is InChI=1S/C12H16N6/c1-9-5-6-13-12(16-9)18-7-3-2-4-10(18)11-14-8-15-17-11/h5-6,8,10H,2-4,7H2,1H3,(H,14,15,17)/t10-/m1/s1. The predicted octanol–water partition coefficient (Wildman–Crippen LogP) is 1.63. The number of aromatic amines is 1. The van der Waals surface area contributed by atoms with E-state index < -0.39 is 0 Å². The topological polar surface area (TPSA) is 70.6 Å². The van der Waals surface area contributed by atoms with Crippen LogP contribution in [0.1, 0.15) is 36.8 Å². The summed E-state index contributed by atoms with van der Waals surface area (Å²) in [4.78, 5) is 15.4. The van der Waals surface area contributed by atoms with E-state index >= 15 is 0 Å². The Morgan fingerprint density at radius 1 is 1.33 bits per heavy atom. The second-order valence-corrected chi connectivity index (χ2v) is 4.57. The molecule has 1 fully saturated rings. The highest BCUT2D eigenvalue weighted by molar-refractivity contribution is 5.34. The number of nitrogens with zero attached hydrogens (tertiary/aromatic N) is 5. The number of aromatic nitrogens is 5. The van der Waals surface area contributed by atoms with Gasteiger partial charge in [-0.3, -0.25) is 5.10 Å². The zero-order chi connectivity index (χ0) is 12.4. The number of aryl methyl sites for hydroxylation is 1. The van der Waals surface area contributed by atoms with Crippen LogP contribution in [0.3, 0.4) is 0 Å². The van der Waals surface area contributed by atoms with Crippen molar-refractivity contribution in [3.63, 3.8) is 0 Å². The van der Waals surface area contributed by atoms with Crippen LogP contribution in [0.4, 0.5) is 5.95 Å². The molecule has 2 aromatic rings. The highest BCUT2D eigenvalue weighted by Crippen LogP contribution is 2.31. The van der Waals surface area contributed by atoms with Gasteiger partial charge in [-0.2, -0.15) is 5.10 Å². The summed E-state index contributed by atoms with van der Waals surface area (Å²) in [7, 11) is 0. The molecular formula is C12H16N6. The molecule has 0 amide bonds. The van der Waals surface area contributed by atoms with E-state index in [1.807, 2.05) is 19.2 Å².